The number of pyridine rings is 5. The molecule has 5 unspecified atom stereocenters. The summed E-state index contributed by atoms with van der Waals surface area (Å²) in [5.74, 6) is 1.04. The van der Waals surface area contributed by atoms with Gasteiger partial charge in [-0.05, 0) is 272 Å². The minimum absolute atomic E-state index is 0. The number of fused-ring (bicyclic) bond motifs is 7. The normalized spacial score (nSPS) is 13.5. The Kier molecular flexibility index (Phi) is 42.0. The predicted octanol–water partition coefficient (Wildman–Crippen LogP) is 16.3. The second-order valence-corrected chi connectivity index (χ2v) is 37.1. The molecule has 21 rings (SSSR count). The van der Waals surface area contributed by atoms with Crippen molar-refractivity contribution >= 4 is 146 Å². The number of carbonyl (C=O) groups excluding carboxylic acids is 1. The summed E-state index contributed by atoms with van der Waals surface area (Å²) in [4.78, 5) is 104. The van der Waals surface area contributed by atoms with Crippen LogP contribution in [0.1, 0.15) is 179 Å². The summed E-state index contributed by atoms with van der Waals surface area (Å²) in [6.07, 6.45) is 12.9. The number of halogens is 3. The fraction of sp³-hybridized carbons (Fsp3) is 0.237. The molecule has 0 aliphatic carbocycles. The molecule has 751 valence electrons. The van der Waals surface area contributed by atoms with Gasteiger partial charge in [0.2, 0.25) is 0 Å². The van der Waals surface area contributed by atoms with Gasteiger partial charge in [-0.15, -0.1) is 12.4 Å². The van der Waals surface area contributed by atoms with E-state index in [1.165, 1.54) is 17.3 Å². The molecule has 0 spiro atoms. The van der Waals surface area contributed by atoms with Crippen LogP contribution in [0, 0.1) is 76.7 Å². The molecule has 10 aromatic carbocycles. The molecule has 0 amide bonds. The van der Waals surface area contributed by atoms with E-state index in [2.05, 4.69) is 63.3 Å². The molecule has 2 saturated heterocycles. The Morgan fingerprint density at radius 1 is 0.435 bits per heavy atom. The molecular formula is C114H117Br2ClMgMnN15NaO12. The van der Waals surface area contributed by atoms with Crippen molar-refractivity contribution in [1.82, 2.24) is 61.9 Å². The number of aryl methyl sites for hydroxylation is 10. The number of aliphatic hydroxyl groups is 2. The van der Waals surface area contributed by atoms with E-state index in [4.69, 9.17) is 22.9 Å². The van der Waals surface area contributed by atoms with Crippen molar-refractivity contribution in [3.05, 3.63) is 411 Å². The van der Waals surface area contributed by atoms with Gasteiger partial charge >= 0.3 is 75.1 Å². The van der Waals surface area contributed by atoms with Crippen molar-refractivity contribution in [2.75, 3.05) is 24.3 Å². The predicted molar refractivity (Wildman–Crippen MR) is 581 cm³/mol. The topological polar surface area (TPSA) is 345 Å². The van der Waals surface area contributed by atoms with Crippen molar-refractivity contribution in [3.8, 4) is 28.4 Å². The molecule has 0 radical (unpaired) electrons. The van der Waals surface area contributed by atoms with E-state index in [0.29, 0.717) is 55.9 Å². The Bertz CT molecular complexity index is 8200. The van der Waals surface area contributed by atoms with Gasteiger partial charge in [0.1, 0.15) is 30.6 Å². The fourth-order valence-corrected chi connectivity index (χ4v) is 19.0. The number of nitrogens with zero attached hydrogens (tertiary/aromatic N) is 13. The quantitative estimate of drug-likeness (QED) is 0.0340. The van der Waals surface area contributed by atoms with E-state index in [-0.39, 0.29) is 149 Å². The number of aromatic nitrogens is 13. The van der Waals surface area contributed by atoms with E-state index in [1.807, 2.05) is 326 Å². The number of benzene rings is 10. The summed E-state index contributed by atoms with van der Waals surface area (Å²) >= 11 is 2.20. The number of alkyl halides is 1. The number of aldehydes is 1. The average molecular weight is 2190 g/mol. The SMILES string of the molecule is Cc1ccccc1-n1c(C(C)Br)cc2cccc(C)c2c1=O.Cc1ccccc1-n1c(C(C)Nc2ncnc3c2ncn3C2CCCCO2)cc2cccc(C)c2c1=O.Cc1ccccc1-n1c(C(C)O)cc2cccc(C)c2c1=O.Cc1ccccc1-n1c(C=O)cc2cccc(C)c2c1=O.Cc1ccccc1-n1c(CO)cc2cccc(C)c2c1=O.Cl.Nc1ncnc2c1ncn2C1CCCCO1.[Br-].[CH3-].[H-].[Mg+2].[Na+].[O]=[Mn]=[O]. The first kappa shape index (κ1) is 117. The molecule has 147 heavy (non-hydrogen) atoms. The molecule has 0 saturated carbocycles. The Morgan fingerprint density at radius 2 is 0.748 bits per heavy atom. The second kappa shape index (κ2) is 53.0. The number of imidazole rings is 2. The fourth-order valence-electron chi connectivity index (χ4n) is 18.7. The van der Waals surface area contributed by atoms with Crippen molar-refractivity contribution in [2.24, 2.45) is 0 Å². The number of para-hydroxylation sites is 5. The standard InChI is InChI=1S/C29H30N6O2.C19H18BrNO.C19H19NO2.C18H17NO2.C18H15NO2.C10H13N5O.CH3.BrH.ClH.Mg.Mn.Na.2O.H/c1-18-9-4-5-12-22(18)35-23(15-21-11-8-10-19(2)25(21)29(35)36)20(3)33-27-26-28(31-16-30-27)34(17-32-26)24-13-6-7-14-37-24;1-12-7-4-5-10-16(12)21-17(14(3)20)11-15-9-6-8-13(2)18(15)19(21)22;1-12-7-4-5-10-16(12)20-17(14(3)21)11-15-9-6-8-13(2)18(15)19(20)22;2*1-12-6-3-4-9-16(12)19-15(11-20)10-14-8-5-7-13(2)17(14)18(19)21;11-9-8-10(13-5-12-9)15(6-14-8)7-3-1-2-4-16-7;;;;;;;;;/h4-5,8-12,15-17,20,24H,6-7,13-14H2,1-3H3,(H,30,31,33);4-11,14H,1-3H3;4-11,14,21H,1-3H3;3-10,20H,11H2,1-2H3;3-11H,1-2H3;5-7H,1-4H2,(H2,11,12,13);1H3;2*1H;;;;;;/q;;;;;;-1;;;+2;;+1;;;-1/p-1. The zero-order valence-corrected chi connectivity index (χ0v) is 93.4. The van der Waals surface area contributed by atoms with Crippen LogP contribution in [0.25, 0.3) is 105 Å². The number of hydrogen-bond acceptors (Lipinski definition) is 20. The van der Waals surface area contributed by atoms with Crippen LogP contribution in [-0.2, 0) is 38.6 Å². The third kappa shape index (κ3) is 25.3. The number of nitrogens with one attached hydrogen (secondary N) is 1. The van der Waals surface area contributed by atoms with Crippen LogP contribution >= 0.6 is 28.3 Å². The molecule has 2 fully saturated rings. The number of carbonyl (C=O) groups is 1. The van der Waals surface area contributed by atoms with Crippen molar-refractivity contribution in [3.63, 3.8) is 0 Å². The van der Waals surface area contributed by atoms with Gasteiger partial charge in [0.15, 0.2) is 34.7 Å². The number of nitrogen functional groups attached to an aromatic ring is 1. The number of nitrogens with two attached hydrogens (primary N) is 1. The van der Waals surface area contributed by atoms with Gasteiger partial charge < -0.3 is 56.6 Å². The first-order valence-corrected chi connectivity index (χ1v) is 48.9. The van der Waals surface area contributed by atoms with Crippen LogP contribution in [0.15, 0.2) is 292 Å². The summed E-state index contributed by atoms with van der Waals surface area (Å²) in [5, 5.41) is 31.4. The zero-order valence-electron chi connectivity index (χ0n) is 85.8. The summed E-state index contributed by atoms with van der Waals surface area (Å²) in [6.45, 7) is 26.8. The molecule has 33 heteroatoms. The first-order chi connectivity index (χ1) is 68.6. The van der Waals surface area contributed by atoms with Gasteiger partial charge in [0.05, 0.1) is 109 Å². The van der Waals surface area contributed by atoms with Gasteiger partial charge in [0.25, 0.3) is 27.8 Å². The van der Waals surface area contributed by atoms with Crippen LogP contribution in [-0.4, -0.2) is 115 Å². The van der Waals surface area contributed by atoms with E-state index in [1.54, 1.807) is 41.1 Å². The third-order valence-corrected chi connectivity index (χ3v) is 26.3. The summed E-state index contributed by atoms with van der Waals surface area (Å²) in [6, 6.07) is 77.7. The van der Waals surface area contributed by atoms with E-state index in [9.17, 15) is 39.0 Å². The first-order valence-electron chi connectivity index (χ1n) is 47.0. The number of anilines is 2. The minimum atomic E-state index is -1.44. The Hall–Kier alpha value is -12.4. The van der Waals surface area contributed by atoms with Crippen LogP contribution in [0.2, 0.25) is 0 Å². The van der Waals surface area contributed by atoms with E-state index < -0.39 is 20.9 Å². The molecule has 5 atom stereocenters. The van der Waals surface area contributed by atoms with E-state index >= 15 is 0 Å². The van der Waals surface area contributed by atoms with Crippen molar-refractivity contribution < 1.29 is 94.9 Å². The van der Waals surface area contributed by atoms with Gasteiger partial charge in [0, 0.05) is 24.6 Å². The zero-order chi connectivity index (χ0) is 101. The molecular weight excluding hydrogens is 2070 g/mol. The van der Waals surface area contributed by atoms with Gasteiger partial charge in [-0.1, -0.05) is 198 Å². The van der Waals surface area contributed by atoms with Gasteiger partial charge in [-0.2, -0.15) is 0 Å². The molecule has 0 bridgehead atoms. The number of rotatable bonds is 14. The summed E-state index contributed by atoms with van der Waals surface area (Å²) < 4.78 is 40.8. The number of hydrogen-bond donors (Lipinski definition) is 4. The summed E-state index contributed by atoms with van der Waals surface area (Å²) in [7, 11) is 0. The molecule has 2 aliphatic heterocycles. The third-order valence-electron chi connectivity index (χ3n) is 25.8. The number of aliphatic hydroxyl groups excluding tert-OH is 2. The van der Waals surface area contributed by atoms with Crippen molar-refractivity contribution in [1.29, 1.82) is 0 Å². The second-order valence-electron chi connectivity index (χ2n) is 35.5. The van der Waals surface area contributed by atoms with Gasteiger partial charge in [-0.3, -0.25) is 60.7 Å². The number of ether oxygens (including phenoxy) is 2. The molecule has 11 heterocycles. The maximum atomic E-state index is 14.0. The summed E-state index contributed by atoms with van der Waals surface area (Å²) in [5.41, 5.74) is 25.7. The van der Waals surface area contributed by atoms with E-state index in [0.717, 1.165) is 196 Å². The monoisotopic (exact) mass is 2180 g/mol. The van der Waals surface area contributed by atoms with Crippen LogP contribution in [0.5, 0.6) is 0 Å². The molecule has 19 aromatic rings. The van der Waals surface area contributed by atoms with Crippen LogP contribution in [0.4, 0.5) is 11.6 Å². The Labute approximate surface area is 922 Å². The van der Waals surface area contributed by atoms with Crippen molar-refractivity contribution in [2.45, 2.75) is 165 Å². The average Bonchev–Trinajstić information content (AvgIpc) is 1.45. The molecule has 9 aromatic heterocycles. The van der Waals surface area contributed by atoms with Crippen LogP contribution < -0.4 is 85.4 Å². The molecule has 2 aliphatic rings. The maximum absolute atomic E-state index is 14.0. The molecule has 5 N–H and O–H groups in total. The Balaban J connectivity index is 0.000000198. The van der Waals surface area contributed by atoms with Gasteiger partial charge in [-0.25, -0.2) is 29.9 Å². The van der Waals surface area contributed by atoms with Crippen LogP contribution in [0.3, 0.4) is 0 Å². The Morgan fingerprint density at radius 3 is 1.12 bits per heavy atom. The molecule has 27 nitrogen and oxygen atoms in total.